The number of hydrogen-bond acceptors (Lipinski definition) is 6. The molecule has 2 aromatic carbocycles. The van der Waals surface area contributed by atoms with Crippen LogP contribution >= 0.6 is 0 Å². The molecule has 2 aromatic heterocycles. The zero-order chi connectivity index (χ0) is 19.0. The Morgan fingerprint density at radius 1 is 1.07 bits per heavy atom. The van der Waals surface area contributed by atoms with Crippen LogP contribution in [0.3, 0.4) is 0 Å². The number of halogens is 1. The summed E-state index contributed by atoms with van der Waals surface area (Å²) in [5, 5.41) is 7.98. The third-order valence-electron chi connectivity index (χ3n) is 3.83. The van der Waals surface area contributed by atoms with Gasteiger partial charge in [-0.25, -0.2) is 27.9 Å². The number of primary sulfonamides is 1. The van der Waals surface area contributed by atoms with Crippen molar-refractivity contribution in [3.63, 3.8) is 0 Å². The summed E-state index contributed by atoms with van der Waals surface area (Å²) in [5.74, 6) is -0.512. The molecule has 0 bridgehead atoms. The van der Waals surface area contributed by atoms with Gasteiger partial charge in [-0.2, -0.15) is 4.98 Å². The lowest BCUT2D eigenvalue weighted by molar-refractivity contribution is 0.598. The second kappa shape index (κ2) is 6.41. The van der Waals surface area contributed by atoms with Crippen molar-refractivity contribution in [2.45, 2.75) is 4.90 Å². The standard InChI is InChI=1S/C17H13FN6O2S/c18-13-9-20-17(22-11-4-3-5-12(8-11)27(19,25)26)23-16(13)24-10-21-14-6-1-2-7-15(14)24/h1-10H,(H2,19,25,26)(H,20,22,23). The Labute approximate surface area is 153 Å². The van der Waals surface area contributed by atoms with Crippen LogP contribution in [0, 0.1) is 5.82 Å². The molecule has 0 fully saturated rings. The van der Waals surface area contributed by atoms with E-state index in [1.54, 1.807) is 12.1 Å². The molecule has 0 spiro atoms. The Balaban J connectivity index is 1.73. The van der Waals surface area contributed by atoms with E-state index in [0.29, 0.717) is 16.7 Å². The van der Waals surface area contributed by atoms with E-state index in [9.17, 15) is 12.8 Å². The summed E-state index contributed by atoms with van der Waals surface area (Å²) in [4.78, 5) is 12.3. The van der Waals surface area contributed by atoms with Gasteiger partial charge in [0.1, 0.15) is 6.33 Å². The predicted molar refractivity (Wildman–Crippen MR) is 97.7 cm³/mol. The number of nitrogens with two attached hydrogens (primary N) is 1. The number of hydrogen-bond donors (Lipinski definition) is 2. The first-order valence-corrected chi connectivity index (χ1v) is 9.31. The molecule has 2 heterocycles. The van der Waals surface area contributed by atoms with Crippen molar-refractivity contribution in [1.29, 1.82) is 0 Å². The van der Waals surface area contributed by atoms with Gasteiger partial charge in [-0.3, -0.25) is 4.57 Å². The molecule has 0 radical (unpaired) electrons. The zero-order valence-electron chi connectivity index (χ0n) is 13.7. The van der Waals surface area contributed by atoms with E-state index in [0.717, 1.165) is 6.20 Å². The number of fused-ring (bicyclic) bond motifs is 1. The first-order valence-electron chi connectivity index (χ1n) is 7.77. The van der Waals surface area contributed by atoms with Crippen LogP contribution in [0.25, 0.3) is 16.9 Å². The van der Waals surface area contributed by atoms with E-state index in [1.165, 1.54) is 29.1 Å². The molecule has 0 unspecified atom stereocenters. The molecule has 27 heavy (non-hydrogen) atoms. The molecule has 8 nitrogen and oxygen atoms in total. The Morgan fingerprint density at radius 2 is 1.89 bits per heavy atom. The van der Waals surface area contributed by atoms with Crippen molar-refractivity contribution in [3.05, 3.63) is 66.9 Å². The fraction of sp³-hybridized carbons (Fsp3) is 0. The number of nitrogens with zero attached hydrogens (tertiary/aromatic N) is 4. The minimum atomic E-state index is -3.85. The molecule has 0 aliphatic heterocycles. The smallest absolute Gasteiger partial charge is 0.238 e. The third kappa shape index (κ3) is 3.35. The summed E-state index contributed by atoms with van der Waals surface area (Å²) >= 11 is 0. The van der Waals surface area contributed by atoms with Gasteiger partial charge in [0, 0.05) is 5.69 Å². The molecule has 0 amide bonds. The quantitative estimate of drug-likeness (QED) is 0.558. The predicted octanol–water partition coefficient (Wildman–Crippen LogP) is 2.35. The van der Waals surface area contributed by atoms with Gasteiger partial charge < -0.3 is 5.32 Å². The molecular formula is C17H13FN6O2S. The molecule has 0 aliphatic rings. The van der Waals surface area contributed by atoms with Crippen LogP contribution in [0.4, 0.5) is 16.0 Å². The lowest BCUT2D eigenvalue weighted by atomic mass is 10.3. The van der Waals surface area contributed by atoms with Crippen LogP contribution in [0.5, 0.6) is 0 Å². The molecular weight excluding hydrogens is 371 g/mol. The van der Waals surface area contributed by atoms with Gasteiger partial charge in [-0.15, -0.1) is 0 Å². The van der Waals surface area contributed by atoms with E-state index in [4.69, 9.17) is 5.14 Å². The fourth-order valence-corrected chi connectivity index (χ4v) is 3.15. The highest BCUT2D eigenvalue weighted by Gasteiger charge is 2.13. The minimum absolute atomic E-state index is 0.0174. The van der Waals surface area contributed by atoms with Crippen LogP contribution in [-0.4, -0.2) is 27.9 Å². The van der Waals surface area contributed by atoms with Gasteiger partial charge in [-0.1, -0.05) is 18.2 Å². The second-order valence-corrected chi connectivity index (χ2v) is 7.23. The molecule has 4 rings (SSSR count). The lowest BCUT2D eigenvalue weighted by Gasteiger charge is -2.09. The van der Waals surface area contributed by atoms with Crippen LogP contribution in [0.1, 0.15) is 0 Å². The van der Waals surface area contributed by atoms with E-state index in [1.807, 2.05) is 18.2 Å². The Morgan fingerprint density at radius 3 is 2.70 bits per heavy atom. The molecule has 0 saturated carbocycles. The van der Waals surface area contributed by atoms with Gasteiger partial charge in [0.15, 0.2) is 11.6 Å². The van der Waals surface area contributed by atoms with Gasteiger partial charge in [0.05, 0.1) is 22.1 Å². The van der Waals surface area contributed by atoms with Crippen LogP contribution < -0.4 is 10.5 Å². The minimum Gasteiger partial charge on any atom is -0.324 e. The highest BCUT2D eigenvalue weighted by molar-refractivity contribution is 7.89. The van der Waals surface area contributed by atoms with Crippen molar-refractivity contribution in [3.8, 4) is 5.82 Å². The van der Waals surface area contributed by atoms with Crippen molar-refractivity contribution in [2.24, 2.45) is 5.14 Å². The molecule has 0 saturated heterocycles. The van der Waals surface area contributed by atoms with E-state index in [2.05, 4.69) is 20.3 Å². The molecule has 3 N–H and O–H groups in total. The molecule has 0 atom stereocenters. The summed E-state index contributed by atoms with van der Waals surface area (Å²) in [6.07, 6.45) is 2.50. The number of imidazole rings is 1. The number of benzene rings is 2. The molecule has 0 aliphatic carbocycles. The number of nitrogens with one attached hydrogen (secondary N) is 1. The largest absolute Gasteiger partial charge is 0.324 e. The monoisotopic (exact) mass is 384 g/mol. The summed E-state index contributed by atoms with van der Waals surface area (Å²) in [6, 6.07) is 13.1. The number of para-hydroxylation sites is 2. The third-order valence-corrected chi connectivity index (χ3v) is 4.74. The second-order valence-electron chi connectivity index (χ2n) is 5.67. The average Bonchev–Trinajstić information content (AvgIpc) is 3.07. The van der Waals surface area contributed by atoms with Gasteiger partial charge in [0.25, 0.3) is 0 Å². The summed E-state index contributed by atoms with van der Waals surface area (Å²) in [5.41, 5.74) is 1.79. The summed E-state index contributed by atoms with van der Waals surface area (Å²) < 4.78 is 38.8. The van der Waals surface area contributed by atoms with Gasteiger partial charge in [0.2, 0.25) is 16.0 Å². The number of anilines is 2. The highest BCUT2D eigenvalue weighted by atomic mass is 32.2. The van der Waals surface area contributed by atoms with Crippen molar-refractivity contribution in [2.75, 3.05) is 5.32 Å². The first kappa shape index (κ1) is 17.1. The average molecular weight is 384 g/mol. The molecule has 4 aromatic rings. The number of rotatable bonds is 4. The number of aromatic nitrogens is 4. The van der Waals surface area contributed by atoms with E-state index < -0.39 is 15.8 Å². The molecule has 136 valence electrons. The maximum absolute atomic E-state index is 14.3. The first-order chi connectivity index (χ1) is 12.9. The SMILES string of the molecule is NS(=O)(=O)c1cccc(Nc2ncc(F)c(-n3cnc4ccccc43)n2)c1. The summed E-state index contributed by atoms with van der Waals surface area (Å²) in [7, 11) is -3.85. The maximum Gasteiger partial charge on any atom is 0.238 e. The van der Waals surface area contributed by atoms with Crippen LogP contribution in [0.2, 0.25) is 0 Å². The summed E-state index contributed by atoms with van der Waals surface area (Å²) in [6.45, 7) is 0. The van der Waals surface area contributed by atoms with Gasteiger partial charge in [-0.05, 0) is 30.3 Å². The topological polar surface area (TPSA) is 116 Å². The lowest BCUT2D eigenvalue weighted by Crippen LogP contribution is -2.12. The van der Waals surface area contributed by atoms with Crippen molar-refractivity contribution in [1.82, 2.24) is 19.5 Å². The zero-order valence-corrected chi connectivity index (χ0v) is 14.6. The Bertz CT molecular complexity index is 1260. The Hall–Kier alpha value is -3.37. The van der Waals surface area contributed by atoms with Crippen LogP contribution in [0.15, 0.2) is 66.0 Å². The highest BCUT2D eigenvalue weighted by Crippen LogP contribution is 2.21. The van der Waals surface area contributed by atoms with E-state index in [-0.39, 0.29) is 16.7 Å². The van der Waals surface area contributed by atoms with E-state index >= 15 is 0 Å². The fourth-order valence-electron chi connectivity index (χ4n) is 2.60. The normalized spacial score (nSPS) is 11.6. The van der Waals surface area contributed by atoms with Gasteiger partial charge >= 0.3 is 0 Å². The van der Waals surface area contributed by atoms with Crippen LogP contribution in [-0.2, 0) is 10.0 Å². The van der Waals surface area contributed by atoms with Crippen molar-refractivity contribution < 1.29 is 12.8 Å². The Kier molecular flexibility index (Phi) is 4.05. The number of sulfonamides is 1. The van der Waals surface area contributed by atoms with Crippen molar-refractivity contribution >= 4 is 32.7 Å². The maximum atomic E-state index is 14.3. The molecule has 10 heteroatoms.